The Hall–Kier alpha value is -0.740. The third kappa shape index (κ3) is 6.26. The fourth-order valence-electron chi connectivity index (χ4n) is 1.30. The van der Waals surface area contributed by atoms with Crippen molar-refractivity contribution in [1.29, 1.82) is 0 Å². The van der Waals surface area contributed by atoms with Gasteiger partial charge >= 0.3 is 0 Å². The second-order valence-corrected chi connectivity index (χ2v) is 5.92. The molecule has 18 heavy (non-hydrogen) atoms. The van der Waals surface area contributed by atoms with E-state index >= 15 is 0 Å². The van der Waals surface area contributed by atoms with Crippen LogP contribution < -0.4 is 10.6 Å². The first kappa shape index (κ1) is 17.3. The smallest absolute Gasteiger partial charge is 0.149 e. The predicted molar refractivity (Wildman–Crippen MR) is 74.8 cm³/mol. The van der Waals surface area contributed by atoms with Crippen LogP contribution in [0.2, 0.25) is 0 Å². The van der Waals surface area contributed by atoms with Crippen LogP contribution in [0.4, 0.5) is 0 Å². The van der Waals surface area contributed by atoms with Gasteiger partial charge in [-0.15, -0.1) is 0 Å². The number of hydrogen-bond donors (Lipinski definition) is 2. The first-order valence-corrected chi connectivity index (χ1v) is 6.62. The maximum atomic E-state index is 11.3. The lowest BCUT2D eigenvalue weighted by Crippen LogP contribution is -2.47. The minimum atomic E-state index is -0.438. The van der Waals surface area contributed by atoms with E-state index in [-0.39, 0.29) is 11.6 Å². The molecule has 0 rings (SSSR count). The lowest BCUT2D eigenvalue weighted by Gasteiger charge is -2.24. The van der Waals surface area contributed by atoms with Crippen LogP contribution in [0.1, 0.15) is 54.4 Å². The van der Waals surface area contributed by atoms with Gasteiger partial charge in [-0.3, -0.25) is 9.59 Å². The molecule has 0 aromatic heterocycles. The molecule has 106 valence electrons. The van der Waals surface area contributed by atoms with Crippen LogP contribution in [0, 0.1) is 0 Å². The number of Topliss-reactive ketones (excluding diaryl/α,β-unsaturated/α-hetero) is 2. The minimum absolute atomic E-state index is 0.151. The van der Waals surface area contributed by atoms with Crippen molar-refractivity contribution in [1.82, 2.24) is 10.6 Å². The van der Waals surface area contributed by atoms with Gasteiger partial charge in [-0.05, 0) is 67.5 Å². The van der Waals surface area contributed by atoms with Crippen LogP contribution >= 0.6 is 0 Å². The Morgan fingerprint density at radius 3 is 1.28 bits per heavy atom. The summed E-state index contributed by atoms with van der Waals surface area (Å²) < 4.78 is 0. The number of rotatable bonds is 9. The van der Waals surface area contributed by atoms with Crippen molar-refractivity contribution in [3.8, 4) is 0 Å². The summed E-state index contributed by atoms with van der Waals surface area (Å²) in [5, 5.41) is 6.47. The molecule has 0 saturated heterocycles. The van der Waals surface area contributed by atoms with Crippen molar-refractivity contribution in [2.24, 2.45) is 0 Å². The summed E-state index contributed by atoms with van der Waals surface area (Å²) in [4.78, 5) is 22.6. The standard InChI is InChI=1S/C14H28N2O2/c1-11(17)13(3,4)15-9-7-8-10-16-14(5,6)12(2)18/h15-16H,7-10H2,1-6H3. The molecule has 2 N–H and O–H groups in total. The van der Waals surface area contributed by atoms with Gasteiger partial charge in [0.1, 0.15) is 11.6 Å². The molecule has 0 fully saturated rings. The van der Waals surface area contributed by atoms with Gasteiger partial charge < -0.3 is 10.6 Å². The van der Waals surface area contributed by atoms with E-state index in [9.17, 15) is 9.59 Å². The molecule has 0 amide bonds. The molecular formula is C14H28N2O2. The van der Waals surface area contributed by atoms with Crippen LogP contribution in [-0.2, 0) is 9.59 Å². The number of carbonyl (C=O) groups excluding carboxylic acids is 2. The number of ketones is 2. The topological polar surface area (TPSA) is 58.2 Å². The third-order valence-electron chi connectivity index (χ3n) is 3.50. The van der Waals surface area contributed by atoms with E-state index in [0.717, 1.165) is 25.9 Å². The molecule has 0 atom stereocenters. The molecule has 0 spiro atoms. The lowest BCUT2D eigenvalue weighted by molar-refractivity contribution is -0.122. The molecule has 4 heteroatoms. The first-order valence-electron chi connectivity index (χ1n) is 6.62. The van der Waals surface area contributed by atoms with Gasteiger partial charge in [0.05, 0.1) is 11.1 Å². The van der Waals surface area contributed by atoms with Gasteiger partial charge in [0, 0.05) is 0 Å². The molecule has 0 aliphatic carbocycles. The molecule has 0 unspecified atom stereocenters. The van der Waals surface area contributed by atoms with E-state index in [1.165, 1.54) is 0 Å². The minimum Gasteiger partial charge on any atom is -0.305 e. The Morgan fingerprint density at radius 1 is 0.778 bits per heavy atom. The summed E-state index contributed by atoms with van der Waals surface area (Å²) in [6.07, 6.45) is 1.97. The molecular weight excluding hydrogens is 228 g/mol. The molecule has 0 aliphatic rings. The zero-order valence-corrected chi connectivity index (χ0v) is 12.6. The van der Waals surface area contributed by atoms with Crippen molar-refractivity contribution in [3.05, 3.63) is 0 Å². The van der Waals surface area contributed by atoms with Gasteiger partial charge in [-0.1, -0.05) is 0 Å². The van der Waals surface area contributed by atoms with E-state index in [1.54, 1.807) is 13.8 Å². The Morgan fingerprint density at radius 2 is 1.06 bits per heavy atom. The van der Waals surface area contributed by atoms with Gasteiger partial charge in [0.2, 0.25) is 0 Å². The van der Waals surface area contributed by atoms with Gasteiger partial charge in [-0.2, -0.15) is 0 Å². The van der Waals surface area contributed by atoms with E-state index in [2.05, 4.69) is 10.6 Å². The molecule has 0 radical (unpaired) electrons. The van der Waals surface area contributed by atoms with Gasteiger partial charge in [0.15, 0.2) is 0 Å². The quantitative estimate of drug-likeness (QED) is 0.616. The van der Waals surface area contributed by atoms with Crippen LogP contribution in [0.3, 0.4) is 0 Å². The summed E-state index contributed by atoms with van der Waals surface area (Å²) in [6, 6.07) is 0. The van der Waals surface area contributed by atoms with Crippen molar-refractivity contribution >= 4 is 11.6 Å². The average molecular weight is 256 g/mol. The molecule has 0 aromatic rings. The molecule has 0 heterocycles. The van der Waals surface area contributed by atoms with Gasteiger partial charge in [-0.25, -0.2) is 0 Å². The summed E-state index contributed by atoms with van der Waals surface area (Å²) >= 11 is 0. The molecule has 0 bridgehead atoms. The monoisotopic (exact) mass is 256 g/mol. The summed E-state index contributed by atoms with van der Waals surface area (Å²) in [6.45, 7) is 12.4. The van der Waals surface area contributed by atoms with E-state index < -0.39 is 11.1 Å². The van der Waals surface area contributed by atoms with E-state index in [0.29, 0.717) is 0 Å². The molecule has 0 aliphatic heterocycles. The van der Waals surface area contributed by atoms with Crippen LogP contribution in [0.5, 0.6) is 0 Å². The Balaban J connectivity index is 3.71. The zero-order valence-electron chi connectivity index (χ0n) is 12.6. The largest absolute Gasteiger partial charge is 0.305 e. The van der Waals surface area contributed by atoms with Crippen molar-refractivity contribution in [2.75, 3.05) is 13.1 Å². The Bertz CT molecular complexity index is 266. The normalized spacial score (nSPS) is 12.6. The van der Waals surface area contributed by atoms with Crippen molar-refractivity contribution in [3.63, 3.8) is 0 Å². The highest BCUT2D eigenvalue weighted by Crippen LogP contribution is 2.05. The predicted octanol–water partition coefficient (Wildman–Crippen LogP) is 1.68. The number of nitrogens with one attached hydrogen (secondary N) is 2. The van der Waals surface area contributed by atoms with Gasteiger partial charge in [0.25, 0.3) is 0 Å². The maximum Gasteiger partial charge on any atom is 0.149 e. The second kappa shape index (κ2) is 7.00. The number of carbonyl (C=O) groups is 2. The SMILES string of the molecule is CC(=O)C(C)(C)NCCCCNC(C)(C)C(C)=O. The summed E-state index contributed by atoms with van der Waals surface area (Å²) in [5.41, 5.74) is -0.877. The first-order chi connectivity index (χ1) is 8.09. The zero-order chi connectivity index (χ0) is 14.4. The fourth-order valence-corrected chi connectivity index (χ4v) is 1.30. The van der Waals surface area contributed by atoms with E-state index in [4.69, 9.17) is 0 Å². The lowest BCUT2D eigenvalue weighted by atomic mass is 10.00. The number of unbranched alkanes of at least 4 members (excludes halogenated alkanes) is 1. The van der Waals surface area contributed by atoms with Crippen LogP contribution in [-0.4, -0.2) is 35.7 Å². The molecule has 4 nitrogen and oxygen atoms in total. The highest BCUT2D eigenvalue weighted by Gasteiger charge is 2.23. The Labute approximate surface area is 111 Å². The van der Waals surface area contributed by atoms with Crippen LogP contribution in [0.15, 0.2) is 0 Å². The third-order valence-corrected chi connectivity index (χ3v) is 3.50. The van der Waals surface area contributed by atoms with E-state index in [1.807, 2.05) is 27.7 Å². The highest BCUT2D eigenvalue weighted by atomic mass is 16.1. The molecule has 0 aromatic carbocycles. The summed E-state index contributed by atoms with van der Waals surface area (Å²) in [7, 11) is 0. The average Bonchev–Trinajstić information content (AvgIpc) is 2.22. The van der Waals surface area contributed by atoms with Crippen molar-refractivity contribution in [2.45, 2.75) is 65.5 Å². The fraction of sp³-hybridized carbons (Fsp3) is 0.857. The maximum absolute atomic E-state index is 11.3. The summed E-state index contributed by atoms with van der Waals surface area (Å²) in [5.74, 6) is 0.302. The second-order valence-electron chi connectivity index (χ2n) is 5.92. The van der Waals surface area contributed by atoms with Crippen molar-refractivity contribution < 1.29 is 9.59 Å². The van der Waals surface area contributed by atoms with Crippen LogP contribution in [0.25, 0.3) is 0 Å². The molecule has 0 saturated carbocycles. The highest BCUT2D eigenvalue weighted by molar-refractivity contribution is 5.85. The Kier molecular flexibility index (Phi) is 6.71. The number of hydrogen-bond acceptors (Lipinski definition) is 4.